The molecule has 0 radical (unpaired) electrons. The van der Waals surface area contributed by atoms with Crippen molar-refractivity contribution < 1.29 is 13.2 Å². The van der Waals surface area contributed by atoms with Crippen LogP contribution >= 0.6 is 11.8 Å². The fourth-order valence-corrected chi connectivity index (χ4v) is 7.39. The minimum Gasteiger partial charge on any atom is -0.352 e. The van der Waals surface area contributed by atoms with Gasteiger partial charge in [-0.25, -0.2) is 8.42 Å². The SMILES string of the molecule is CCN(CC)S(=O)(=O)c1cccc(-c2nnc(SCC(=O)N[C@@H]3CCCC[C@H]3C)n2CCc2ccccc2)c1. The van der Waals surface area contributed by atoms with Crippen LogP contribution in [0.25, 0.3) is 11.4 Å². The first-order valence-corrected chi connectivity index (χ1v) is 16.3. The first-order valence-electron chi connectivity index (χ1n) is 13.8. The number of aryl methyl sites for hydroxylation is 1. The number of hydrogen-bond donors (Lipinski definition) is 1. The van der Waals surface area contributed by atoms with Gasteiger partial charge in [-0.15, -0.1) is 10.2 Å². The lowest BCUT2D eigenvalue weighted by molar-refractivity contribution is -0.119. The molecule has 2 aromatic carbocycles. The van der Waals surface area contributed by atoms with Crippen molar-refractivity contribution in [3.63, 3.8) is 0 Å². The lowest BCUT2D eigenvalue weighted by Gasteiger charge is -2.29. The largest absolute Gasteiger partial charge is 0.352 e. The standard InChI is InChI=1S/C29H39N5O3S2/c1-4-33(5-2)39(36,37)25-16-11-15-24(20-25)28-31-32-29(34(28)19-18-23-13-7-6-8-14-23)38-21-27(35)30-26-17-10-9-12-22(26)3/h6-8,11,13-16,20,22,26H,4-5,9-10,12,17-19,21H2,1-3H3,(H,30,35)/t22-,26-/m1/s1. The van der Waals surface area contributed by atoms with Crippen LogP contribution in [0.3, 0.4) is 0 Å². The molecule has 39 heavy (non-hydrogen) atoms. The summed E-state index contributed by atoms with van der Waals surface area (Å²) in [7, 11) is -3.62. The zero-order valence-corrected chi connectivity index (χ0v) is 24.7. The van der Waals surface area contributed by atoms with Gasteiger partial charge in [0.1, 0.15) is 0 Å². The maximum absolute atomic E-state index is 13.2. The predicted molar refractivity (Wildman–Crippen MR) is 156 cm³/mol. The van der Waals surface area contributed by atoms with E-state index in [0.29, 0.717) is 42.1 Å². The van der Waals surface area contributed by atoms with Gasteiger partial charge >= 0.3 is 0 Å². The van der Waals surface area contributed by atoms with Crippen LogP contribution in [0.1, 0.15) is 52.0 Å². The Morgan fingerprint density at radius 3 is 2.51 bits per heavy atom. The normalized spacial score (nSPS) is 17.8. The second-order valence-corrected chi connectivity index (χ2v) is 12.9. The molecule has 2 atom stereocenters. The van der Waals surface area contributed by atoms with Gasteiger partial charge in [-0.2, -0.15) is 4.31 Å². The third-order valence-electron chi connectivity index (χ3n) is 7.41. The third-order valence-corrected chi connectivity index (χ3v) is 10.4. The van der Waals surface area contributed by atoms with E-state index >= 15 is 0 Å². The molecule has 8 nitrogen and oxygen atoms in total. The Hall–Kier alpha value is -2.69. The van der Waals surface area contributed by atoms with Gasteiger partial charge in [0.25, 0.3) is 0 Å². The van der Waals surface area contributed by atoms with Crippen LogP contribution in [0.15, 0.2) is 64.6 Å². The van der Waals surface area contributed by atoms with Crippen molar-refractivity contribution in [1.82, 2.24) is 24.4 Å². The lowest BCUT2D eigenvalue weighted by Crippen LogP contribution is -2.41. The molecule has 4 rings (SSSR count). The molecule has 210 valence electrons. The molecule has 0 saturated heterocycles. The Morgan fingerprint density at radius 2 is 1.79 bits per heavy atom. The first kappa shape index (κ1) is 29.3. The molecule has 1 saturated carbocycles. The number of rotatable bonds is 12. The van der Waals surface area contributed by atoms with E-state index in [1.807, 2.05) is 42.7 Å². The highest BCUT2D eigenvalue weighted by Gasteiger charge is 2.25. The molecular weight excluding hydrogens is 530 g/mol. The van der Waals surface area contributed by atoms with E-state index < -0.39 is 10.0 Å². The summed E-state index contributed by atoms with van der Waals surface area (Å²) in [5.41, 5.74) is 1.85. The molecule has 0 bridgehead atoms. The minimum absolute atomic E-state index is 0.00484. The van der Waals surface area contributed by atoms with Crippen molar-refractivity contribution in [3.8, 4) is 11.4 Å². The van der Waals surface area contributed by atoms with Gasteiger partial charge in [0.15, 0.2) is 11.0 Å². The fourth-order valence-electron chi connectivity index (χ4n) is 5.11. The first-order chi connectivity index (χ1) is 18.8. The lowest BCUT2D eigenvalue weighted by atomic mass is 9.86. The van der Waals surface area contributed by atoms with Gasteiger partial charge in [0, 0.05) is 31.2 Å². The second-order valence-electron chi connectivity index (χ2n) is 10.0. The van der Waals surface area contributed by atoms with Crippen LogP contribution in [0.2, 0.25) is 0 Å². The van der Waals surface area contributed by atoms with Crippen molar-refractivity contribution in [3.05, 3.63) is 60.2 Å². The Bertz CT molecular complexity index is 1340. The fraction of sp³-hybridized carbons (Fsp3) is 0.483. The van der Waals surface area contributed by atoms with E-state index in [2.05, 4.69) is 34.6 Å². The molecule has 0 aliphatic heterocycles. The van der Waals surface area contributed by atoms with Crippen molar-refractivity contribution in [2.24, 2.45) is 5.92 Å². The predicted octanol–water partition coefficient (Wildman–Crippen LogP) is 5.01. The Morgan fingerprint density at radius 1 is 1.05 bits per heavy atom. The van der Waals surface area contributed by atoms with Crippen LogP contribution in [-0.4, -0.2) is 58.3 Å². The number of hydrogen-bond acceptors (Lipinski definition) is 6. The molecule has 1 heterocycles. The molecule has 0 unspecified atom stereocenters. The molecule has 1 aliphatic carbocycles. The third kappa shape index (κ3) is 7.29. The summed E-state index contributed by atoms with van der Waals surface area (Å²) in [5.74, 6) is 1.34. The minimum atomic E-state index is -3.62. The zero-order valence-electron chi connectivity index (χ0n) is 23.0. The van der Waals surface area contributed by atoms with Gasteiger partial charge in [-0.05, 0) is 42.9 Å². The van der Waals surface area contributed by atoms with Crippen LogP contribution in [0.5, 0.6) is 0 Å². The molecule has 10 heteroatoms. The molecule has 0 spiro atoms. The van der Waals surface area contributed by atoms with Gasteiger partial charge in [0.2, 0.25) is 15.9 Å². The van der Waals surface area contributed by atoms with E-state index in [1.54, 1.807) is 18.2 Å². The maximum Gasteiger partial charge on any atom is 0.243 e. The Balaban J connectivity index is 1.58. The van der Waals surface area contributed by atoms with Crippen LogP contribution in [0, 0.1) is 5.92 Å². The second kappa shape index (κ2) is 13.6. The van der Waals surface area contributed by atoms with Crippen LogP contribution in [0.4, 0.5) is 0 Å². The number of carbonyl (C=O) groups excluding carboxylic acids is 1. The number of thioether (sulfide) groups is 1. The van der Waals surface area contributed by atoms with Crippen molar-refractivity contribution in [2.75, 3.05) is 18.8 Å². The van der Waals surface area contributed by atoms with Crippen molar-refractivity contribution in [1.29, 1.82) is 0 Å². The highest BCUT2D eigenvalue weighted by Crippen LogP contribution is 2.28. The van der Waals surface area contributed by atoms with Gasteiger partial charge in [-0.3, -0.25) is 4.79 Å². The summed E-state index contributed by atoms with van der Waals surface area (Å²) >= 11 is 1.37. The number of nitrogens with zero attached hydrogens (tertiary/aromatic N) is 4. The summed E-state index contributed by atoms with van der Waals surface area (Å²) in [5, 5.41) is 12.8. The molecule has 1 fully saturated rings. The van der Waals surface area contributed by atoms with Gasteiger partial charge in [-0.1, -0.05) is 87.8 Å². The number of amides is 1. The van der Waals surface area contributed by atoms with Crippen molar-refractivity contribution in [2.45, 2.75) is 75.5 Å². The quantitative estimate of drug-likeness (QED) is 0.308. The van der Waals surface area contributed by atoms with Gasteiger partial charge in [0.05, 0.1) is 10.6 Å². The summed E-state index contributed by atoms with van der Waals surface area (Å²) in [6.45, 7) is 7.28. The molecule has 3 aromatic rings. The van der Waals surface area contributed by atoms with E-state index in [1.165, 1.54) is 28.1 Å². The van der Waals surface area contributed by atoms with E-state index in [4.69, 9.17) is 0 Å². The highest BCUT2D eigenvalue weighted by atomic mass is 32.2. The average molecular weight is 570 g/mol. The number of sulfonamides is 1. The average Bonchev–Trinajstić information content (AvgIpc) is 3.36. The molecular formula is C29H39N5O3S2. The summed E-state index contributed by atoms with van der Waals surface area (Å²) in [6.07, 6.45) is 5.32. The monoisotopic (exact) mass is 569 g/mol. The zero-order chi connectivity index (χ0) is 27.8. The maximum atomic E-state index is 13.2. The smallest absolute Gasteiger partial charge is 0.243 e. The summed E-state index contributed by atoms with van der Waals surface area (Å²) in [6, 6.07) is 17.3. The van der Waals surface area contributed by atoms with Gasteiger partial charge < -0.3 is 9.88 Å². The van der Waals surface area contributed by atoms with E-state index in [9.17, 15) is 13.2 Å². The summed E-state index contributed by atoms with van der Waals surface area (Å²) < 4.78 is 29.8. The van der Waals surface area contributed by atoms with Crippen LogP contribution in [-0.2, 0) is 27.8 Å². The topological polar surface area (TPSA) is 97.2 Å². The van der Waals surface area contributed by atoms with E-state index in [-0.39, 0.29) is 22.6 Å². The number of benzene rings is 2. The van der Waals surface area contributed by atoms with E-state index in [0.717, 1.165) is 25.7 Å². The number of aromatic nitrogens is 3. The molecule has 1 amide bonds. The van der Waals surface area contributed by atoms with Crippen molar-refractivity contribution >= 4 is 27.7 Å². The molecule has 1 aromatic heterocycles. The molecule has 1 N–H and O–H groups in total. The number of nitrogens with one attached hydrogen (secondary N) is 1. The van der Waals surface area contributed by atoms with Crippen LogP contribution < -0.4 is 5.32 Å². The summed E-state index contributed by atoms with van der Waals surface area (Å²) in [4.78, 5) is 13.0. The highest BCUT2D eigenvalue weighted by molar-refractivity contribution is 7.99. The Labute approximate surface area is 236 Å². The number of carbonyl (C=O) groups is 1. The molecule has 1 aliphatic rings. The Kier molecular flexibility index (Phi) is 10.2.